The van der Waals surface area contributed by atoms with E-state index in [0.717, 1.165) is 0 Å². The van der Waals surface area contributed by atoms with Crippen molar-refractivity contribution in [3.63, 3.8) is 0 Å². The fourth-order valence-corrected chi connectivity index (χ4v) is 0.962. The fourth-order valence-electron chi connectivity index (χ4n) is 0.962. The summed E-state index contributed by atoms with van der Waals surface area (Å²) in [5.41, 5.74) is 33.2. The van der Waals surface area contributed by atoms with Gasteiger partial charge >= 0.3 is 78.6 Å². The zero-order valence-corrected chi connectivity index (χ0v) is 26.4. The first-order chi connectivity index (χ1) is 16.0. The van der Waals surface area contributed by atoms with Gasteiger partial charge in [0.2, 0.25) is 0 Å². The standard InChI is InChI=1S/3C5H5.6CH3NO.3Zr/c3*1-2-4-5-3-1;6*2-1-3;;;/h3*1-5H;6*1H,(H2,2,3);;;/q3*-1;;;;;;;3*+3/p-6. The van der Waals surface area contributed by atoms with Crippen molar-refractivity contribution < 1.29 is 107 Å². The number of carbonyl (C=O) groups excluding carboxylic acids is 6. The second kappa shape index (κ2) is 94.2. The number of rotatable bonds is 0. The molecule has 0 aromatic heterocycles. The summed E-state index contributed by atoms with van der Waals surface area (Å²) in [4.78, 5) is 50.8. The minimum absolute atomic E-state index is 0. The predicted molar refractivity (Wildman–Crippen MR) is 128 cm³/mol. The Morgan fingerprint density at radius 1 is 0.333 bits per heavy atom. The second-order valence-electron chi connectivity index (χ2n) is 3.59. The van der Waals surface area contributed by atoms with Crippen LogP contribution in [0, 0.1) is 0 Å². The van der Waals surface area contributed by atoms with Gasteiger partial charge < -0.3 is 63.2 Å². The Morgan fingerprint density at radius 3 is 0.444 bits per heavy atom. The molecule has 3 aromatic carbocycles. The van der Waals surface area contributed by atoms with E-state index in [2.05, 4.69) is 0 Å². The van der Waals surface area contributed by atoms with E-state index in [1.165, 1.54) is 0 Å². The first kappa shape index (κ1) is 59.0. The van der Waals surface area contributed by atoms with Crippen molar-refractivity contribution in [1.82, 2.24) is 0 Å². The van der Waals surface area contributed by atoms with Crippen LogP contribution in [0.4, 0.5) is 0 Å². The van der Waals surface area contributed by atoms with Gasteiger partial charge in [-0.2, -0.15) is 54.6 Å². The van der Waals surface area contributed by atoms with E-state index in [9.17, 15) is 0 Å². The van der Waals surface area contributed by atoms with E-state index < -0.39 is 0 Å². The summed E-state index contributed by atoms with van der Waals surface area (Å²) in [6, 6.07) is 30.0. The van der Waals surface area contributed by atoms with Gasteiger partial charge in [0, 0.05) is 38.5 Å². The molecule has 0 fully saturated rings. The van der Waals surface area contributed by atoms with E-state index in [4.69, 9.17) is 63.2 Å². The van der Waals surface area contributed by atoms with Crippen LogP contribution in [-0.4, -0.2) is 38.5 Å². The van der Waals surface area contributed by atoms with Gasteiger partial charge in [0.25, 0.3) is 0 Å². The van der Waals surface area contributed by atoms with Gasteiger partial charge in [-0.1, -0.05) is 0 Å². The van der Waals surface area contributed by atoms with Crippen molar-refractivity contribution in [2.45, 2.75) is 0 Å². The smallest absolute Gasteiger partial charge is 0.671 e. The summed E-state index contributed by atoms with van der Waals surface area (Å²) >= 11 is 0. The molecule has 0 bridgehead atoms. The van der Waals surface area contributed by atoms with Crippen molar-refractivity contribution in [3.8, 4) is 0 Å². The molecule has 0 aliphatic rings. The van der Waals surface area contributed by atoms with Gasteiger partial charge in [-0.05, 0) is 0 Å². The van der Waals surface area contributed by atoms with Crippen LogP contribution < -0.4 is 0 Å². The van der Waals surface area contributed by atoms with Crippen LogP contribution in [0.1, 0.15) is 0 Å². The first-order valence-corrected chi connectivity index (χ1v) is 8.15. The largest absolute Gasteiger partial charge is 3.00 e. The van der Waals surface area contributed by atoms with Crippen LogP contribution in [-0.2, 0) is 107 Å². The summed E-state index contributed by atoms with van der Waals surface area (Å²) in [6.07, 6.45) is 0. The second-order valence-corrected chi connectivity index (χ2v) is 3.59. The van der Waals surface area contributed by atoms with E-state index >= 15 is 0 Å². The molecule has 0 aliphatic carbocycles. The molecule has 6 N–H and O–H groups in total. The summed E-state index contributed by atoms with van der Waals surface area (Å²) in [5, 5.41) is 0. The molecule has 3 radical (unpaired) electrons. The van der Waals surface area contributed by atoms with Gasteiger partial charge in [-0.15, -0.1) is 0 Å². The summed E-state index contributed by atoms with van der Waals surface area (Å²) in [7, 11) is 0. The number of carbonyl (C=O) groups is 6. The minimum Gasteiger partial charge on any atom is -0.671 e. The maximum Gasteiger partial charge on any atom is 3.00 e. The molecule has 3 aromatic rings. The Morgan fingerprint density at radius 2 is 0.417 bits per heavy atom. The van der Waals surface area contributed by atoms with Crippen molar-refractivity contribution in [1.29, 1.82) is 0 Å². The molecule has 189 valence electrons. The van der Waals surface area contributed by atoms with Gasteiger partial charge in [-0.25, -0.2) is 36.4 Å². The maximum atomic E-state index is 8.47. The van der Waals surface area contributed by atoms with Crippen molar-refractivity contribution in [2.24, 2.45) is 0 Å². The number of hydrogen-bond donors (Lipinski definition) is 0. The van der Waals surface area contributed by atoms with Crippen molar-refractivity contribution >= 4 is 38.5 Å². The zero-order valence-electron chi connectivity index (χ0n) is 19.1. The third-order valence-electron chi connectivity index (χ3n) is 1.67. The first-order valence-electron chi connectivity index (χ1n) is 8.15. The van der Waals surface area contributed by atoms with Crippen molar-refractivity contribution in [2.75, 3.05) is 0 Å². The molecular weight excluding hydrogens is 706 g/mol. The number of nitrogens with one attached hydrogen (secondary N) is 6. The molecule has 36 heavy (non-hydrogen) atoms. The van der Waals surface area contributed by atoms with Gasteiger partial charge in [0.05, 0.1) is 0 Å². The zero-order chi connectivity index (χ0) is 26.8. The molecular formula is C21H27N6O6Zr3. The average Bonchev–Trinajstić information content (AvgIpc) is 3.60. The molecule has 15 heteroatoms. The van der Waals surface area contributed by atoms with Crippen LogP contribution in [0.5, 0.6) is 0 Å². The Hall–Kier alpha value is -2.48. The topological polar surface area (TPSA) is 245 Å². The Balaban J connectivity index is -0.0000000327. The Bertz CT molecular complexity index is 485. The summed E-state index contributed by atoms with van der Waals surface area (Å²) in [6.45, 7) is 0. The van der Waals surface area contributed by atoms with Gasteiger partial charge in [-0.3, -0.25) is 0 Å². The molecule has 0 atom stereocenters. The molecule has 3 rings (SSSR count). The SMILES string of the molecule is [NH-]C=O.[NH-]C=O.[NH-]C=O.[NH-]C=O.[NH-]C=O.[NH-]C=O.[Zr+3].[Zr+3].[Zr+3].c1cc[cH-]c1.c1cc[cH-]c1.c1cc[cH-]c1. The molecule has 0 spiro atoms. The average molecular weight is 733 g/mol. The molecule has 0 heterocycles. The number of amides is 6. The third kappa shape index (κ3) is 187. The molecule has 0 aliphatic heterocycles. The molecule has 0 saturated heterocycles. The maximum absolute atomic E-state index is 8.47. The van der Waals surface area contributed by atoms with Crippen LogP contribution in [0.15, 0.2) is 91.0 Å². The van der Waals surface area contributed by atoms with E-state index in [1.54, 1.807) is 0 Å². The van der Waals surface area contributed by atoms with Gasteiger partial charge in [0.15, 0.2) is 0 Å². The Labute approximate surface area is 269 Å². The molecule has 0 saturated carbocycles. The molecule has 0 unspecified atom stereocenters. The van der Waals surface area contributed by atoms with Crippen LogP contribution in [0.3, 0.4) is 0 Å². The number of hydrogen-bond acceptors (Lipinski definition) is 6. The monoisotopic (exact) mass is 729 g/mol. The third-order valence-corrected chi connectivity index (χ3v) is 1.67. The molecule has 12 nitrogen and oxygen atoms in total. The van der Waals surface area contributed by atoms with Crippen LogP contribution >= 0.6 is 0 Å². The van der Waals surface area contributed by atoms with E-state index in [0.29, 0.717) is 0 Å². The van der Waals surface area contributed by atoms with Crippen LogP contribution in [0.25, 0.3) is 34.4 Å². The van der Waals surface area contributed by atoms with E-state index in [-0.39, 0.29) is 117 Å². The predicted octanol–water partition coefficient (Wildman–Crippen LogP) is 5.38. The fraction of sp³-hybridized carbons (Fsp3) is 0. The van der Waals surface area contributed by atoms with Crippen LogP contribution in [0.2, 0.25) is 0 Å². The summed E-state index contributed by atoms with van der Waals surface area (Å²) in [5.74, 6) is 0. The Kier molecular flexibility index (Phi) is 154. The normalized spacial score (nSPS) is 5.33. The van der Waals surface area contributed by atoms with E-state index in [1.807, 2.05) is 91.0 Å². The minimum atomic E-state index is 0. The quantitative estimate of drug-likeness (QED) is 0.217. The summed E-state index contributed by atoms with van der Waals surface area (Å²) < 4.78 is 0. The van der Waals surface area contributed by atoms with Gasteiger partial charge in [0.1, 0.15) is 0 Å². The molecule has 6 amide bonds. The van der Waals surface area contributed by atoms with Crippen molar-refractivity contribution in [3.05, 3.63) is 125 Å².